The van der Waals surface area contributed by atoms with Crippen molar-refractivity contribution >= 4 is 29.5 Å². The van der Waals surface area contributed by atoms with E-state index < -0.39 is 24.2 Å². The van der Waals surface area contributed by atoms with Crippen LogP contribution in [0.25, 0.3) is 0 Å². The number of hydrogen-bond acceptors (Lipinski definition) is 9. The third kappa shape index (κ3) is 4.60. The maximum absolute atomic E-state index is 13.6. The summed E-state index contributed by atoms with van der Waals surface area (Å²) in [4.78, 5) is 61.3. The second-order valence-corrected chi connectivity index (χ2v) is 13.8. The van der Waals surface area contributed by atoms with Crippen LogP contribution in [0.2, 0.25) is 0 Å². The first kappa shape index (κ1) is 28.9. The minimum Gasteiger partial charge on any atom is -0.493 e. The number of ketones is 2. The lowest BCUT2D eigenvalue weighted by Crippen LogP contribution is -2.63. The van der Waals surface area contributed by atoms with E-state index in [1.165, 1.54) is 19.1 Å². The number of urea groups is 1. The summed E-state index contributed by atoms with van der Waals surface area (Å²) in [7, 11) is 6.24. The standard InChI is InChI=1S/C32H38N4O7/c1-31(2)12-17(37)24-21(14-31)42-22-15-32(3,4)13-18(38)25(22)23(24)16-9-10-19(20(11-16)41-8)43-29-33-27-26(34(29)5)28(39)36(7)30(40)35(27)6/h9-11,23,26-27H,12-15H2,1-8H3/t26-,27+/m1/s1. The van der Waals surface area contributed by atoms with Crippen LogP contribution in [0.5, 0.6) is 11.5 Å². The van der Waals surface area contributed by atoms with E-state index >= 15 is 0 Å². The molecule has 0 N–H and O–H groups in total. The second kappa shape index (κ2) is 9.68. The van der Waals surface area contributed by atoms with Gasteiger partial charge < -0.3 is 24.0 Å². The first-order chi connectivity index (χ1) is 20.1. The minimum absolute atomic E-state index is 0.0161. The van der Waals surface area contributed by atoms with Crippen LogP contribution >= 0.6 is 0 Å². The molecule has 1 aromatic carbocycles. The van der Waals surface area contributed by atoms with Crippen LogP contribution in [-0.2, 0) is 19.1 Å². The minimum atomic E-state index is -0.720. The molecule has 11 heteroatoms. The molecular formula is C32H38N4O7. The highest BCUT2D eigenvalue weighted by Gasteiger charge is 2.51. The molecular weight excluding hydrogens is 552 g/mol. The number of allylic oxidation sites excluding steroid dienone is 4. The van der Waals surface area contributed by atoms with Crippen molar-refractivity contribution in [1.82, 2.24) is 14.7 Å². The molecule has 3 aliphatic heterocycles. The lowest BCUT2D eigenvalue weighted by molar-refractivity contribution is -0.135. The predicted octanol–water partition coefficient (Wildman–Crippen LogP) is 3.99. The fourth-order valence-electron chi connectivity index (χ4n) is 6.98. The number of fused-ring (bicyclic) bond motifs is 1. The summed E-state index contributed by atoms with van der Waals surface area (Å²) < 4.78 is 18.3. The molecule has 0 radical (unpaired) electrons. The highest BCUT2D eigenvalue weighted by molar-refractivity contribution is 6.06. The Hall–Kier alpha value is -4.15. The van der Waals surface area contributed by atoms with Crippen molar-refractivity contribution in [2.45, 2.75) is 71.5 Å². The quantitative estimate of drug-likeness (QED) is 0.519. The van der Waals surface area contributed by atoms with Crippen LogP contribution in [0.3, 0.4) is 0 Å². The fraction of sp³-hybridized carbons (Fsp3) is 0.531. The number of rotatable bonds is 3. The summed E-state index contributed by atoms with van der Waals surface area (Å²) in [6, 6.07) is 4.36. The first-order valence-electron chi connectivity index (χ1n) is 14.5. The summed E-state index contributed by atoms with van der Waals surface area (Å²) in [5, 5.41) is 0. The van der Waals surface area contributed by atoms with Crippen molar-refractivity contribution in [3.8, 4) is 11.5 Å². The molecule has 2 aliphatic carbocycles. The van der Waals surface area contributed by atoms with E-state index in [2.05, 4.69) is 32.7 Å². The van der Waals surface area contributed by atoms with Crippen molar-refractivity contribution < 1.29 is 33.4 Å². The Morgan fingerprint density at radius 1 is 0.837 bits per heavy atom. The molecule has 0 bridgehead atoms. The van der Waals surface area contributed by atoms with E-state index in [-0.39, 0.29) is 34.3 Å². The van der Waals surface area contributed by atoms with Gasteiger partial charge in [0.15, 0.2) is 35.3 Å². The number of benzene rings is 1. The fourth-order valence-corrected chi connectivity index (χ4v) is 6.98. The van der Waals surface area contributed by atoms with Crippen LogP contribution in [0, 0.1) is 10.8 Å². The third-order valence-electron chi connectivity index (χ3n) is 9.12. The SMILES string of the molecule is COc1cc(C2C3=C(CC(C)(C)CC3=O)OC3=C2C(=O)CC(C)(C)C3)ccc1OC1=N[C@@H]2[C@H](C(=O)N(C)C(=O)N2C)N1C. The largest absolute Gasteiger partial charge is 0.493 e. The molecule has 11 nitrogen and oxygen atoms in total. The van der Waals surface area contributed by atoms with E-state index in [0.29, 0.717) is 59.8 Å². The van der Waals surface area contributed by atoms with E-state index in [0.717, 1.165) is 10.5 Å². The van der Waals surface area contributed by atoms with Gasteiger partial charge in [-0.25, -0.2) is 9.79 Å². The van der Waals surface area contributed by atoms with E-state index in [1.54, 1.807) is 31.1 Å². The lowest BCUT2D eigenvalue weighted by Gasteiger charge is -2.42. The number of imide groups is 1. The van der Waals surface area contributed by atoms with E-state index in [9.17, 15) is 19.2 Å². The van der Waals surface area contributed by atoms with Gasteiger partial charge in [-0.1, -0.05) is 33.8 Å². The maximum Gasteiger partial charge on any atom is 0.328 e. The average molecular weight is 591 g/mol. The molecule has 3 amide bonds. The second-order valence-electron chi connectivity index (χ2n) is 13.8. The van der Waals surface area contributed by atoms with Crippen LogP contribution in [0.15, 0.2) is 45.9 Å². The van der Waals surface area contributed by atoms with Gasteiger partial charge >= 0.3 is 6.03 Å². The molecule has 0 spiro atoms. The maximum atomic E-state index is 13.6. The number of Topliss-reactive ketones (excluding diaryl/α,β-unsaturated/α-hetero) is 2. The third-order valence-corrected chi connectivity index (χ3v) is 9.12. The van der Waals surface area contributed by atoms with Gasteiger partial charge in [0.25, 0.3) is 11.9 Å². The number of amidine groups is 1. The van der Waals surface area contributed by atoms with Gasteiger partial charge in [0, 0.05) is 63.9 Å². The first-order valence-corrected chi connectivity index (χ1v) is 14.5. The molecule has 2 atom stereocenters. The number of likely N-dealkylation sites (N-methyl/N-ethyl adjacent to an activating group) is 3. The van der Waals surface area contributed by atoms with Gasteiger partial charge in [-0.2, -0.15) is 0 Å². The Morgan fingerprint density at radius 2 is 1.42 bits per heavy atom. The Bertz CT molecular complexity index is 1520. The highest BCUT2D eigenvalue weighted by atomic mass is 16.5. The van der Waals surface area contributed by atoms with Crippen molar-refractivity contribution in [3.05, 3.63) is 46.4 Å². The zero-order chi connectivity index (χ0) is 31.2. The summed E-state index contributed by atoms with van der Waals surface area (Å²) in [5.74, 6) is 1.03. The van der Waals surface area contributed by atoms with Crippen molar-refractivity contribution in [3.63, 3.8) is 0 Å². The summed E-state index contributed by atoms with van der Waals surface area (Å²) in [5.41, 5.74) is 1.32. The van der Waals surface area contributed by atoms with Crippen LogP contribution < -0.4 is 9.47 Å². The average Bonchev–Trinajstić information content (AvgIpc) is 3.24. The molecule has 6 rings (SSSR count). The van der Waals surface area contributed by atoms with Gasteiger partial charge in [0.2, 0.25) is 0 Å². The molecule has 1 aromatic rings. The molecule has 43 heavy (non-hydrogen) atoms. The molecule has 0 aromatic heterocycles. The van der Waals surface area contributed by atoms with Crippen molar-refractivity contribution in [2.24, 2.45) is 15.8 Å². The lowest BCUT2D eigenvalue weighted by atomic mass is 9.65. The monoisotopic (exact) mass is 590 g/mol. The molecule has 1 saturated heterocycles. The van der Waals surface area contributed by atoms with Crippen molar-refractivity contribution in [1.29, 1.82) is 0 Å². The van der Waals surface area contributed by atoms with Crippen molar-refractivity contribution in [2.75, 3.05) is 28.3 Å². The van der Waals surface area contributed by atoms with Crippen LogP contribution in [0.4, 0.5) is 4.79 Å². The van der Waals surface area contributed by atoms with Gasteiger partial charge in [0.05, 0.1) is 7.11 Å². The van der Waals surface area contributed by atoms with Crippen LogP contribution in [-0.4, -0.2) is 84.7 Å². The Kier molecular flexibility index (Phi) is 6.52. The molecule has 3 heterocycles. The van der Waals surface area contributed by atoms with Gasteiger partial charge in [-0.3, -0.25) is 19.3 Å². The Morgan fingerprint density at radius 3 is 1.98 bits per heavy atom. The zero-order valence-electron chi connectivity index (χ0n) is 25.9. The zero-order valence-corrected chi connectivity index (χ0v) is 25.9. The molecule has 1 fully saturated rings. The molecule has 228 valence electrons. The van der Waals surface area contributed by atoms with Crippen LogP contribution in [0.1, 0.15) is 64.9 Å². The number of hydrogen-bond donors (Lipinski definition) is 0. The number of amides is 3. The number of carbonyl (C=O) groups excluding carboxylic acids is 4. The number of carbonyl (C=O) groups is 4. The highest BCUT2D eigenvalue weighted by Crippen LogP contribution is 2.53. The number of methoxy groups -OCH3 is 1. The molecule has 5 aliphatic rings. The summed E-state index contributed by atoms with van der Waals surface area (Å²) in [6.07, 6.45) is 1.22. The van der Waals surface area contributed by atoms with E-state index in [4.69, 9.17) is 14.2 Å². The Labute approximate surface area is 251 Å². The normalized spacial score (nSPS) is 26.7. The van der Waals surface area contributed by atoms with Gasteiger partial charge in [0.1, 0.15) is 11.5 Å². The Balaban J connectivity index is 1.39. The summed E-state index contributed by atoms with van der Waals surface area (Å²) >= 11 is 0. The number of aliphatic imine (C=N–C) groups is 1. The number of nitrogens with zero attached hydrogens (tertiary/aromatic N) is 4. The van der Waals surface area contributed by atoms with E-state index in [1.807, 2.05) is 6.07 Å². The predicted molar refractivity (Wildman–Crippen MR) is 156 cm³/mol. The van der Waals surface area contributed by atoms with Gasteiger partial charge in [-0.05, 0) is 28.5 Å². The molecule has 0 saturated carbocycles. The van der Waals surface area contributed by atoms with Gasteiger partial charge in [-0.15, -0.1) is 0 Å². The summed E-state index contributed by atoms with van der Waals surface area (Å²) in [6.45, 7) is 8.22. The topological polar surface area (TPSA) is 118 Å². The number of ether oxygens (including phenoxy) is 3. The molecule has 0 unspecified atom stereocenters. The smallest absolute Gasteiger partial charge is 0.328 e.